The lowest BCUT2D eigenvalue weighted by molar-refractivity contribution is 0.0783. The Labute approximate surface area is 99.3 Å². The van der Waals surface area contributed by atoms with Crippen molar-refractivity contribution in [2.75, 3.05) is 19.8 Å². The lowest BCUT2D eigenvalue weighted by Crippen LogP contribution is -2.42. The summed E-state index contributed by atoms with van der Waals surface area (Å²) >= 11 is 0. The summed E-state index contributed by atoms with van der Waals surface area (Å²) in [5.41, 5.74) is 0.131. The van der Waals surface area contributed by atoms with Crippen molar-refractivity contribution in [1.29, 1.82) is 0 Å². The van der Waals surface area contributed by atoms with Crippen LogP contribution in [0.3, 0.4) is 0 Å². The summed E-state index contributed by atoms with van der Waals surface area (Å²) in [7, 11) is 0. The molecule has 3 N–H and O–H groups in total. The van der Waals surface area contributed by atoms with Gasteiger partial charge in [0.2, 0.25) is 0 Å². The summed E-state index contributed by atoms with van der Waals surface area (Å²) in [5.74, 6) is 0. The van der Waals surface area contributed by atoms with Crippen LogP contribution in [0.1, 0.15) is 51.9 Å². The number of rotatable bonds is 7. The summed E-state index contributed by atoms with van der Waals surface area (Å²) in [6.07, 6.45) is 8.02. The van der Waals surface area contributed by atoms with Gasteiger partial charge >= 0.3 is 0 Å². The van der Waals surface area contributed by atoms with E-state index in [1.807, 2.05) is 0 Å². The molecule has 0 spiro atoms. The Hall–Kier alpha value is -0.120. The molecule has 1 unspecified atom stereocenters. The molecule has 1 rings (SSSR count). The highest BCUT2D eigenvalue weighted by Gasteiger charge is 2.31. The van der Waals surface area contributed by atoms with E-state index in [-0.39, 0.29) is 12.0 Å². The Morgan fingerprint density at radius 3 is 2.44 bits per heavy atom. The van der Waals surface area contributed by atoms with Crippen molar-refractivity contribution in [3.63, 3.8) is 0 Å². The fourth-order valence-corrected chi connectivity index (χ4v) is 2.58. The zero-order chi connectivity index (χ0) is 11.9. The van der Waals surface area contributed by atoms with Gasteiger partial charge in [-0.3, -0.25) is 0 Å². The Balaban J connectivity index is 2.27. The fourth-order valence-electron chi connectivity index (χ4n) is 2.58. The Morgan fingerprint density at radius 1 is 1.19 bits per heavy atom. The SMILES string of the molecule is CC(CCCO)NCC1(CO)CCCCC1. The molecule has 1 aliphatic carbocycles. The van der Waals surface area contributed by atoms with Crippen molar-refractivity contribution in [3.8, 4) is 0 Å². The Morgan fingerprint density at radius 2 is 1.88 bits per heavy atom. The van der Waals surface area contributed by atoms with E-state index in [9.17, 15) is 5.11 Å². The van der Waals surface area contributed by atoms with Gasteiger partial charge < -0.3 is 15.5 Å². The molecule has 1 fully saturated rings. The van der Waals surface area contributed by atoms with E-state index in [4.69, 9.17) is 5.11 Å². The van der Waals surface area contributed by atoms with Gasteiger partial charge in [0.15, 0.2) is 0 Å². The van der Waals surface area contributed by atoms with Gasteiger partial charge in [-0.05, 0) is 32.6 Å². The minimum atomic E-state index is 0.131. The van der Waals surface area contributed by atoms with Crippen molar-refractivity contribution in [2.24, 2.45) is 5.41 Å². The van der Waals surface area contributed by atoms with Gasteiger partial charge in [-0.2, -0.15) is 0 Å². The highest BCUT2D eigenvalue weighted by Crippen LogP contribution is 2.35. The molecule has 1 atom stereocenters. The third-order valence-electron chi connectivity index (χ3n) is 3.87. The van der Waals surface area contributed by atoms with E-state index in [2.05, 4.69) is 12.2 Å². The minimum Gasteiger partial charge on any atom is -0.396 e. The van der Waals surface area contributed by atoms with Crippen LogP contribution in [0, 0.1) is 5.41 Å². The Bertz CT molecular complexity index is 179. The van der Waals surface area contributed by atoms with Crippen molar-refractivity contribution in [2.45, 2.75) is 57.9 Å². The van der Waals surface area contributed by atoms with Crippen LogP contribution in [-0.2, 0) is 0 Å². The molecule has 0 aromatic rings. The molecule has 0 amide bonds. The van der Waals surface area contributed by atoms with E-state index in [0.29, 0.717) is 12.6 Å². The lowest BCUT2D eigenvalue weighted by atomic mass is 9.74. The maximum Gasteiger partial charge on any atom is 0.0499 e. The maximum absolute atomic E-state index is 9.55. The smallest absolute Gasteiger partial charge is 0.0499 e. The highest BCUT2D eigenvalue weighted by molar-refractivity contribution is 4.85. The summed E-state index contributed by atoms with van der Waals surface area (Å²) in [6.45, 7) is 3.67. The molecule has 1 saturated carbocycles. The molecule has 0 aliphatic heterocycles. The molecule has 0 radical (unpaired) electrons. The van der Waals surface area contributed by atoms with Crippen LogP contribution in [0.25, 0.3) is 0 Å². The van der Waals surface area contributed by atoms with Crippen molar-refractivity contribution < 1.29 is 10.2 Å². The molecule has 0 bridgehead atoms. The molecule has 0 aromatic carbocycles. The van der Waals surface area contributed by atoms with Crippen LogP contribution >= 0.6 is 0 Å². The molecule has 0 aromatic heterocycles. The second-order valence-corrected chi connectivity index (χ2v) is 5.37. The first-order chi connectivity index (χ1) is 7.72. The van der Waals surface area contributed by atoms with Crippen molar-refractivity contribution in [3.05, 3.63) is 0 Å². The first-order valence-electron chi connectivity index (χ1n) is 6.67. The maximum atomic E-state index is 9.55. The molecule has 16 heavy (non-hydrogen) atoms. The van der Waals surface area contributed by atoms with Crippen LogP contribution in [0.15, 0.2) is 0 Å². The molecular formula is C13H27NO2. The van der Waals surface area contributed by atoms with Gasteiger partial charge in [0.25, 0.3) is 0 Å². The standard InChI is InChI=1S/C13H27NO2/c1-12(6-5-9-15)14-10-13(11-16)7-3-2-4-8-13/h12,14-16H,2-11H2,1H3. The van der Waals surface area contributed by atoms with Gasteiger partial charge in [0.05, 0.1) is 0 Å². The van der Waals surface area contributed by atoms with Crippen LogP contribution in [0.2, 0.25) is 0 Å². The van der Waals surface area contributed by atoms with E-state index in [0.717, 1.165) is 32.2 Å². The highest BCUT2D eigenvalue weighted by atomic mass is 16.3. The normalized spacial score (nSPS) is 21.9. The Kier molecular flexibility index (Phi) is 6.32. The third kappa shape index (κ3) is 4.40. The van der Waals surface area contributed by atoms with Crippen LogP contribution < -0.4 is 5.32 Å². The fraction of sp³-hybridized carbons (Fsp3) is 1.00. The van der Waals surface area contributed by atoms with Crippen LogP contribution in [0.5, 0.6) is 0 Å². The summed E-state index contributed by atoms with van der Waals surface area (Å²) < 4.78 is 0. The number of aliphatic hydroxyl groups excluding tert-OH is 2. The van der Waals surface area contributed by atoms with Crippen molar-refractivity contribution >= 4 is 0 Å². The van der Waals surface area contributed by atoms with E-state index >= 15 is 0 Å². The van der Waals surface area contributed by atoms with E-state index < -0.39 is 0 Å². The molecular weight excluding hydrogens is 202 g/mol. The number of hydrogen-bond acceptors (Lipinski definition) is 3. The molecule has 96 valence electrons. The average Bonchev–Trinajstić information content (AvgIpc) is 2.35. The predicted octanol–water partition coefficient (Wildman–Crippen LogP) is 1.68. The largest absolute Gasteiger partial charge is 0.396 e. The third-order valence-corrected chi connectivity index (χ3v) is 3.87. The first-order valence-corrected chi connectivity index (χ1v) is 6.67. The average molecular weight is 229 g/mol. The summed E-state index contributed by atoms with van der Waals surface area (Å²) in [5, 5.41) is 21.8. The number of nitrogens with one attached hydrogen (secondary N) is 1. The number of aliphatic hydroxyl groups is 2. The van der Waals surface area contributed by atoms with Gasteiger partial charge in [-0.25, -0.2) is 0 Å². The van der Waals surface area contributed by atoms with E-state index in [1.54, 1.807) is 0 Å². The monoisotopic (exact) mass is 229 g/mol. The predicted molar refractivity (Wildman–Crippen MR) is 66.4 cm³/mol. The second-order valence-electron chi connectivity index (χ2n) is 5.37. The van der Waals surface area contributed by atoms with Gasteiger partial charge in [0.1, 0.15) is 0 Å². The summed E-state index contributed by atoms with van der Waals surface area (Å²) in [6, 6.07) is 0.442. The quantitative estimate of drug-likeness (QED) is 0.622. The van der Waals surface area contributed by atoms with Crippen LogP contribution in [0.4, 0.5) is 0 Å². The molecule has 3 heteroatoms. The van der Waals surface area contributed by atoms with E-state index in [1.165, 1.54) is 19.3 Å². The molecule has 3 nitrogen and oxygen atoms in total. The van der Waals surface area contributed by atoms with Gasteiger partial charge in [-0.1, -0.05) is 19.3 Å². The molecule has 1 aliphatic rings. The zero-order valence-corrected chi connectivity index (χ0v) is 10.5. The molecule has 0 heterocycles. The number of hydrogen-bond donors (Lipinski definition) is 3. The lowest BCUT2D eigenvalue weighted by Gasteiger charge is -2.36. The topological polar surface area (TPSA) is 52.5 Å². The van der Waals surface area contributed by atoms with Gasteiger partial charge in [-0.15, -0.1) is 0 Å². The second kappa shape index (κ2) is 7.25. The van der Waals surface area contributed by atoms with Gasteiger partial charge in [0, 0.05) is 31.2 Å². The van der Waals surface area contributed by atoms with Crippen LogP contribution in [-0.4, -0.2) is 36.0 Å². The van der Waals surface area contributed by atoms with Crippen molar-refractivity contribution in [1.82, 2.24) is 5.32 Å². The summed E-state index contributed by atoms with van der Waals surface area (Å²) in [4.78, 5) is 0. The minimum absolute atomic E-state index is 0.131. The first kappa shape index (κ1) is 13.9. The zero-order valence-electron chi connectivity index (χ0n) is 10.5. The molecule has 0 saturated heterocycles.